The number of hydrogen-bond acceptors (Lipinski definition) is 5. The second-order valence-corrected chi connectivity index (χ2v) is 8.47. The Bertz CT molecular complexity index is 826. The molecule has 2 N–H and O–H groups in total. The molecule has 1 unspecified atom stereocenters. The molecule has 1 aromatic carbocycles. The number of nitrogens with zero attached hydrogens (tertiary/aromatic N) is 2. The van der Waals surface area contributed by atoms with Gasteiger partial charge in [-0.05, 0) is 31.5 Å². The van der Waals surface area contributed by atoms with E-state index in [9.17, 15) is 8.42 Å². The number of morpholine rings is 1. The molecule has 0 aliphatic carbocycles. The lowest BCUT2D eigenvalue weighted by atomic mass is 10.1. The van der Waals surface area contributed by atoms with Crippen LogP contribution >= 0.6 is 11.6 Å². The molecule has 0 amide bonds. The molecular weight excluding hydrogens is 376 g/mol. The predicted molar refractivity (Wildman–Crippen MR) is 99.8 cm³/mol. The molecule has 7 nitrogen and oxygen atoms in total. The maximum atomic E-state index is 12.8. The number of H-pyrrole nitrogens is 1. The van der Waals surface area contributed by atoms with Crippen LogP contribution in [0.2, 0.25) is 5.02 Å². The minimum atomic E-state index is -3.66. The van der Waals surface area contributed by atoms with Crippen LogP contribution in [0.4, 0.5) is 0 Å². The average Bonchev–Trinajstić information content (AvgIpc) is 2.97. The Balaban J connectivity index is 1.82. The Morgan fingerprint density at radius 3 is 2.50 bits per heavy atom. The van der Waals surface area contributed by atoms with Gasteiger partial charge in [0.15, 0.2) is 0 Å². The topological polar surface area (TPSA) is 87.3 Å². The molecule has 3 rings (SSSR count). The van der Waals surface area contributed by atoms with Gasteiger partial charge in [-0.3, -0.25) is 10.00 Å². The van der Waals surface area contributed by atoms with Gasteiger partial charge in [-0.2, -0.15) is 5.10 Å². The van der Waals surface area contributed by atoms with Crippen LogP contribution in [0.3, 0.4) is 0 Å². The number of aromatic amines is 1. The lowest BCUT2D eigenvalue weighted by Gasteiger charge is -2.35. The van der Waals surface area contributed by atoms with Gasteiger partial charge in [-0.1, -0.05) is 23.7 Å². The molecule has 1 atom stereocenters. The van der Waals surface area contributed by atoms with Crippen molar-refractivity contribution in [2.45, 2.75) is 24.8 Å². The van der Waals surface area contributed by atoms with E-state index in [0.717, 1.165) is 18.7 Å². The third-order valence-corrected chi connectivity index (χ3v) is 6.47. The van der Waals surface area contributed by atoms with Crippen LogP contribution in [0.1, 0.15) is 23.0 Å². The first-order valence-electron chi connectivity index (χ1n) is 8.47. The zero-order valence-corrected chi connectivity index (χ0v) is 16.4. The molecule has 9 heteroatoms. The van der Waals surface area contributed by atoms with Crippen LogP contribution in [0.15, 0.2) is 29.2 Å². The molecular formula is C17H23ClN4O3S. The fraction of sp³-hybridized carbons (Fsp3) is 0.471. The monoisotopic (exact) mass is 398 g/mol. The first kappa shape index (κ1) is 19.3. The Morgan fingerprint density at radius 2 is 1.92 bits per heavy atom. The maximum absolute atomic E-state index is 12.8. The minimum Gasteiger partial charge on any atom is -0.379 e. The first-order chi connectivity index (χ1) is 12.4. The largest absolute Gasteiger partial charge is 0.379 e. The van der Waals surface area contributed by atoms with E-state index in [1.165, 1.54) is 0 Å². The van der Waals surface area contributed by atoms with Crippen LogP contribution in [0, 0.1) is 13.8 Å². The lowest BCUT2D eigenvalue weighted by Crippen LogP contribution is -2.43. The van der Waals surface area contributed by atoms with Crippen molar-refractivity contribution in [1.29, 1.82) is 0 Å². The van der Waals surface area contributed by atoms with E-state index in [0.29, 0.717) is 29.6 Å². The highest BCUT2D eigenvalue weighted by atomic mass is 35.5. The molecule has 0 saturated carbocycles. The summed E-state index contributed by atoms with van der Waals surface area (Å²) in [4.78, 5) is 2.44. The predicted octanol–water partition coefficient (Wildman–Crippen LogP) is 2.03. The number of ether oxygens (including phenoxy) is 1. The average molecular weight is 399 g/mol. The van der Waals surface area contributed by atoms with Gasteiger partial charge >= 0.3 is 0 Å². The molecule has 142 valence electrons. The SMILES string of the molecule is Cc1n[nH]c(C)c1S(=O)(=O)NCC(c1ccc(Cl)cc1)N1CCOCC1. The van der Waals surface area contributed by atoms with Crippen LogP contribution in [0.5, 0.6) is 0 Å². The highest BCUT2D eigenvalue weighted by Gasteiger charge is 2.27. The van der Waals surface area contributed by atoms with Crippen molar-refractivity contribution in [3.05, 3.63) is 46.2 Å². The zero-order valence-electron chi connectivity index (χ0n) is 14.8. The third-order valence-electron chi connectivity index (χ3n) is 4.54. The second kappa shape index (κ2) is 8.06. The molecule has 1 saturated heterocycles. The highest BCUT2D eigenvalue weighted by Crippen LogP contribution is 2.24. The molecule has 1 fully saturated rings. The summed E-state index contributed by atoms with van der Waals surface area (Å²) in [5.74, 6) is 0. The number of rotatable bonds is 6. The van der Waals surface area contributed by atoms with Crippen LogP contribution < -0.4 is 4.72 Å². The summed E-state index contributed by atoms with van der Waals surface area (Å²) in [6.45, 7) is 6.41. The van der Waals surface area contributed by atoms with Crippen molar-refractivity contribution in [1.82, 2.24) is 19.8 Å². The summed E-state index contributed by atoms with van der Waals surface area (Å²) >= 11 is 6.00. The van der Waals surface area contributed by atoms with Gasteiger partial charge in [-0.15, -0.1) is 0 Å². The van der Waals surface area contributed by atoms with Crippen molar-refractivity contribution in [3.8, 4) is 0 Å². The summed E-state index contributed by atoms with van der Waals surface area (Å²) in [7, 11) is -3.66. The smallest absolute Gasteiger partial charge is 0.244 e. The van der Waals surface area contributed by atoms with Crippen molar-refractivity contribution < 1.29 is 13.2 Å². The third kappa shape index (κ3) is 4.27. The van der Waals surface area contributed by atoms with Gasteiger partial charge in [0.05, 0.1) is 24.6 Å². The van der Waals surface area contributed by atoms with E-state index in [4.69, 9.17) is 16.3 Å². The van der Waals surface area contributed by atoms with Crippen molar-refractivity contribution in [2.75, 3.05) is 32.8 Å². The molecule has 1 aromatic heterocycles. The van der Waals surface area contributed by atoms with Crippen LogP contribution in [0.25, 0.3) is 0 Å². The number of benzene rings is 1. The molecule has 26 heavy (non-hydrogen) atoms. The fourth-order valence-electron chi connectivity index (χ4n) is 3.23. The van der Waals surface area contributed by atoms with Gasteiger partial charge < -0.3 is 4.74 Å². The molecule has 1 aliphatic heterocycles. The minimum absolute atomic E-state index is 0.0987. The van der Waals surface area contributed by atoms with Gasteiger partial charge in [0.2, 0.25) is 10.0 Å². The highest BCUT2D eigenvalue weighted by molar-refractivity contribution is 7.89. The maximum Gasteiger partial charge on any atom is 0.244 e. The van der Waals surface area contributed by atoms with Gasteiger partial charge in [0, 0.05) is 30.7 Å². The molecule has 2 heterocycles. The number of aryl methyl sites for hydroxylation is 2. The van der Waals surface area contributed by atoms with E-state index in [1.54, 1.807) is 13.8 Å². The molecule has 1 aliphatic rings. The summed E-state index contributed by atoms with van der Waals surface area (Å²) < 4.78 is 33.7. The van der Waals surface area contributed by atoms with E-state index in [2.05, 4.69) is 19.8 Å². The number of sulfonamides is 1. The standard InChI is InChI=1S/C17H23ClN4O3S/c1-12-17(13(2)21-20-12)26(23,24)19-11-16(22-7-9-25-10-8-22)14-3-5-15(18)6-4-14/h3-6,16,19H,7-11H2,1-2H3,(H,20,21). The van der Waals surface area contributed by atoms with Crippen LogP contribution in [-0.2, 0) is 14.8 Å². The molecule has 0 spiro atoms. The molecule has 0 bridgehead atoms. The Hall–Kier alpha value is -1.45. The number of nitrogens with one attached hydrogen (secondary N) is 2. The normalized spacial score (nSPS) is 17.3. The Morgan fingerprint density at radius 1 is 1.27 bits per heavy atom. The summed E-state index contributed by atoms with van der Waals surface area (Å²) in [6, 6.07) is 7.42. The number of hydrogen-bond donors (Lipinski definition) is 2. The zero-order chi connectivity index (χ0) is 18.7. The van der Waals surface area contributed by atoms with E-state index in [1.807, 2.05) is 24.3 Å². The Labute approximate surface area is 158 Å². The summed E-state index contributed by atoms with van der Waals surface area (Å²) in [6.07, 6.45) is 0. The van der Waals surface area contributed by atoms with Gasteiger partial charge in [0.1, 0.15) is 4.90 Å². The van der Waals surface area contributed by atoms with Crippen molar-refractivity contribution in [2.24, 2.45) is 0 Å². The van der Waals surface area contributed by atoms with Gasteiger partial charge in [-0.25, -0.2) is 13.1 Å². The van der Waals surface area contributed by atoms with Gasteiger partial charge in [0.25, 0.3) is 0 Å². The number of halogens is 1. The Kier molecular flexibility index (Phi) is 5.99. The van der Waals surface area contributed by atoms with E-state index in [-0.39, 0.29) is 17.5 Å². The van der Waals surface area contributed by atoms with Crippen molar-refractivity contribution in [3.63, 3.8) is 0 Å². The quantitative estimate of drug-likeness (QED) is 0.777. The molecule has 2 aromatic rings. The lowest BCUT2D eigenvalue weighted by molar-refractivity contribution is 0.0172. The molecule has 0 radical (unpaired) electrons. The van der Waals surface area contributed by atoms with Crippen molar-refractivity contribution >= 4 is 21.6 Å². The second-order valence-electron chi connectivity index (χ2n) is 6.33. The van der Waals surface area contributed by atoms with Crippen LogP contribution in [-0.4, -0.2) is 56.4 Å². The summed E-state index contributed by atoms with van der Waals surface area (Å²) in [5, 5.41) is 7.36. The van der Waals surface area contributed by atoms with E-state index >= 15 is 0 Å². The summed E-state index contributed by atoms with van der Waals surface area (Å²) in [5.41, 5.74) is 2.01. The number of aromatic nitrogens is 2. The first-order valence-corrected chi connectivity index (χ1v) is 10.3. The van der Waals surface area contributed by atoms with E-state index < -0.39 is 10.0 Å². The fourth-order valence-corrected chi connectivity index (χ4v) is 4.76.